The number of benzene rings is 1. The van der Waals surface area contributed by atoms with Gasteiger partial charge in [-0.1, -0.05) is 95.9 Å². The van der Waals surface area contributed by atoms with E-state index >= 15 is 0 Å². The van der Waals surface area contributed by atoms with Gasteiger partial charge in [0.05, 0.1) is 30.9 Å². The van der Waals surface area contributed by atoms with Crippen molar-refractivity contribution < 1.29 is 19.1 Å². The number of aromatic nitrogens is 2. The number of amides is 1. The summed E-state index contributed by atoms with van der Waals surface area (Å²) in [5.41, 5.74) is 11.2. The van der Waals surface area contributed by atoms with Crippen LogP contribution < -0.4 is 16.4 Å². The number of unbranched alkanes of at least 4 members (excludes halogenated alkanes) is 2. The summed E-state index contributed by atoms with van der Waals surface area (Å²) in [5, 5.41) is 7.67. The number of aryl methyl sites for hydroxylation is 2. The van der Waals surface area contributed by atoms with Crippen LogP contribution >= 0.6 is 11.6 Å². The van der Waals surface area contributed by atoms with E-state index in [1.54, 1.807) is 11.0 Å². The standard InChI is InChI=1S/C20H24ClN3.C11H22N2O2.C4H10O.C3H7N.2C2H6.CH2O/c1-4-14-6-7-15-8-9-16(21)11-17(15)18(10-14)20(23-5-2)19-12-22-13-24(19)3;1-2-3-4-10-15-11(14)13-8-5-6-12-7-9-13;1-3-5-4-2;1-2-3-4;3*1-2/h4,8-13,20,23H,5-7H2,1-3H3;12H,2-10H2,1H3;3-4H2,1-2H3;2-3H,4H2,1H3;2*1-2H3;1H2/b14-4+;;;3-2-;;;/t20-;;;;;;/m1....../s1. The molecule has 0 bridgehead atoms. The molecule has 310 valence electrons. The maximum atomic E-state index is 11.6. The molecule has 0 saturated carbocycles. The molecule has 10 nitrogen and oxygen atoms in total. The molecule has 2 heterocycles. The number of nitrogens with zero attached hydrogens (tertiary/aromatic N) is 3. The quantitative estimate of drug-likeness (QED) is 0.204. The molecule has 0 unspecified atom stereocenters. The molecule has 4 rings (SSSR count). The highest BCUT2D eigenvalue weighted by Gasteiger charge is 2.24. The van der Waals surface area contributed by atoms with Gasteiger partial charge in [0.1, 0.15) is 6.79 Å². The molecule has 0 spiro atoms. The van der Waals surface area contributed by atoms with Crippen molar-refractivity contribution >= 4 is 30.1 Å². The van der Waals surface area contributed by atoms with Crippen LogP contribution in [-0.4, -0.2) is 79.9 Å². The summed E-state index contributed by atoms with van der Waals surface area (Å²) in [5.74, 6) is 0. The average Bonchev–Trinajstić information content (AvgIpc) is 3.37. The van der Waals surface area contributed by atoms with E-state index in [0.29, 0.717) is 6.61 Å². The van der Waals surface area contributed by atoms with E-state index in [2.05, 4.69) is 65.2 Å². The number of likely N-dealkylation sites (N-methyl/N-ethyl adjacent to an activating group) is 1. The second-order valence-corrected chi connectivity index (χ2v) is 11.8. The molecule has 1 amide bonds. The van der Waals surface area contributed by atoms with Gasteiger partial charge in [-0.25, -0.2) is 9.78 Å². The van der Waals surface area contributed by atoms with Gasteiger partial charge in [-0.15, -0.1) is 0 Å². The number of imidazole rings is 1. The second kappa shape index (κ2) is 39.3. The SMILES string of the molecule is C/C=C1/C=C([C@@H](NCC)c2cncn2C)c2cc(Cl)ccc2CC1.C/C=C\N.C=O.CC.CC.CCCCCOC(=O)N1CCCNCC1.CCOCC. The first-order valence-corrected chi connectivity index (χ1v) is 20.4. The van der Waals surface area contributed by atoms with Crippen molar-refractivity contribution in [1.82, 2.24) is 25.1 Å². The molecular weight excluding hydrogens is 700 g/mol. The second-order valence-electron chi connectivity index (χ2n) is 11.4. The molecule has 2 aliphatic rings. The Morgan fingerprint density at radius 1 is 1.06 bits per heavy atom. The summed E-state index contributed by atoms with van der Waals surface area (Å²) >= 11 is 6.32. The summed E-state index contributed by atoms with van der Waals surface area (Å²) in [4.78, 5) is 25.7. The summed E-state index contributed by atoms with van der Waals surface area (Å²) in [6, 6.07) is 6.34. The van der Waals surface area contributed by atoms with Crippen LogP contribution in [0.15, 0.2) is 60.7 Å². The molecule has 1 aromatic carbocycles. The number of halogens is 1. The topological polar surface area (TPSA) is 124 Å². The average molecular weight is 778 g/mol. The number of hydrogen-bond acceptors (Lipinski definition) is 8. The van der Waals surface area contributed by atoms with Crippen molar-refractivity contribution in [2.75, 3.05) is 52.5 Å². The Morgan fingerprint density at radius 2 is 1.72 bits per heavy atom. The molecule has 2 aromatic rings. The third-order valence-electron chi connectivity index (χ3n) is 7.82. The van der Waals surface area contributed by atoms with Crippen LogP contribution in [0.2, 0.25) is 5.02 Å². The van der Waals surface area contributed by atoms with Gasteiger partial charge >= 0.3 is 6.09 Å². The van der Waals surface area contributed by atoms with Gasteiger partial charge in [0.2, 0.25) is 0 Å². The molecule has 1 aromatic heterocycles. The zero-order valence-corrected chi connectivity index (χ0v) is 36.6. The Morgan fingerprint density at radius 3 is 2.24 bits per heavy atom. The Bertz CT molecular complexity index is 1250. The number of hydrogen-bond donors (Lipinski definition) is 3. The molecule has 4 N–H and O–H groups in total. The zero-order chi connectivity index (χ0) is 41.6. The monoisotopic (exact) mass is 777 g/mol. The minimum absolute atomic E-state index is 0.0905. The van der Waals surface area contributed by atoms with Gasteiger partial charge in [-0.2, -0.15) is 0 Å². The van der Waals surface area contributed by atoms with Crippen molar-refractivity contribution in [2.45, 2.75) is 114 Å². The number of carbonyl (C=O) groups is 2. The maximum absolute atomic E-state index is 11.6. The number of fused-ring (bicyclic) bond motifs is 1. The molecule has 1 aliphatic carbocycles. The van der Waals surface area contributed by atoms with Crippen molar-refractivity contribution in [3.8, 4) is 0 Å². The normalized spacial score (nSPS) is 14.3. The lowest BCUT2D eigenvalue weighted by molar-refractivity contribution is -0.0980. The summed E-state index contributed by atoms with van der Waals surface area (Å²) in [7, 11) is 2.04. The largest absolute Gasteiger partial charge is 0.449 e. The number of carbonyl (C=O) groups excluding carboxylic acids is 2. The first kappa shape index (κ1) is 54.9. The highest BCUT2D eigenvalue weighted by Crippen LogP contribution is 2.37. The number of allylic oxidation sites excluding steroid dienone is 4. The Kier molecular flexibility index (Phi) is 39.9. The molecule has 1 atom stereocenters. The Hall–Kier alpha value is -3.44. The van der Waals surface area contributed by atoms with Crippen LogP contribution in [0, 0.1) is 0 Å². The van der Waals surface area contributed by atoms with Crippen LogP contribution in [0.25, 0.3) is 5.57 Å². The predicted octanol–water partition coefficient (Wildman–Crippen LogP) is 9.70. The third kappa shape index (κ3) is 24.1. The van der Waals surface area contributed by atoms with Crippen LogP contribution in [0.1, 0.15) is 124 Å². The van der Waals surface area contributed by atoms with E-state index in [-0.39, 0.29) is 12.1 Å². The van der Waals surface area contributed by atoms with Gasteiger partial charge < -0.3 is 40.1 Å². The minimum atomic E-state index is -0.144. The molecular formula is C43H77ClN6O4. The highest BCUT2D eigenvalue weighted by atomic mass is 35.5. The third-order valence-corrected chi connectivity index (χ3v) is 8.05. The van der Waals surface area contributed by atoms with Crippen LogP contribution in [0.4, 0.5) is 4.79 Å². The Labute approximate surface area is 335 Å². The molecule has 54 heavy (non-hydrogen) atoms. The lowest BCUT2D eigenvalue weighted by Gasteiger charge is -2.23. The summed E-state index contributed by atoms with van der Waals surface area (Å²) in [6.07, 6.45) is 17.8. The van der Waals surface area contributed by atoms with Crippen LogP contribution in [0.5, 0.6) is 0 Å². The fourth-order valence-corrected chi connectivity index (χ4v) is 5.36. The van der Waals surface area contributed by atoms with E-state index in [9.17, 15) is 4.79 Å². The Balaban J connectivity index is -0.000000740. The highest BCUT2D eigenvalue weighted by molar-refractivity contribution is 6.30. The van der Waals surface area contributed by atoms with E-state index in [1.165, 1.54) is 28.5 Å². The number of rotatable bonds is 10. The van der Waals surface area contributed by atoms with Crippen LogP contribution in [-0.2, 0) is 27.7 Å². The van der Waals surface area contributed by atoms with E-state index < -0.39 is 0 Å². The number of nitrogens with two attached hydrogens (primary N) is 1. The first-order chi connectivity index (χ1) is 26.3. The summed E-state index contributed by atoms with van der Waals surface area (Å²) in [6.45, 7) is 28.8. The minimum Gasteiger partial charge on any atom is -0.449 e. The predicted molar refractivity (Wildman–Crippen MR) is 232 cm³/mol. The number of nitrogens with one attached hydrogen (secondary N) is 2. The van der Waals surface area contributed by atoms with E-state index in [1.807, 2.05) is 80.9 Å². The first-order valence-electron chi connectivity index (χ1n) is 20.0. The maximum Gasteiger partial charge on any atom is 0.409 e. The van der Waals surface area contributed by atoms with Gasteiger partial charge in [0, 0.05) is 44.9 Å². The van der Waals surface area contributed by atoms with Crippen molar-refractivity contribution in [1.29, 1.82) is 0 Å². The molecule has 1 saturated heterocycles. The van der Waals surface area contributed by atoms with Gasteiger partial charge in [-0.3, -0.25) is 0 Å². The summed E-state index contributed by atoms with van der Waals surface area (Å²) < 4.78 is 12.1. The van der Waals surface area contributed by atoms with Gasteiger partial charge in [-0.05, 0) is 102 Å². The van der Waals surface area contributed by atoms with Crippen molar-refractivity contribution in [2.24, 2.45) is 12.8 Å². The van der Waals surface area contributed by atoms with Crippen LogP contribution in [0.3, 0.4) is 0 Å². The number of ether oxygens (including phenoxy) is 2. The zero-order valence-electron chi connectivity index (χ0n) is 35.8. The molecule has 1 aliphatic heterocycles. The van der Waals surface area contributed by atoms with Crippen molar-refractivity contribution in [3.63, 3.8) is 0 Å². The molecule has 0 radical (unpaired) electrons. The lowest BCUT2D eigenvalue weighted by Crippen LogP contribution is -2.34. The lowest BCUT2D eigenvalue weighted by atomic mass is 9.92. The molecule has 1 fully saturated rings. The van der Waals surface area contributed by atoms with E-state index in [0.717, 1.165) is 95.2 Å². The van der Waals surface area contributed by atoms with Gasteiger partial charge in [0.15, 0.2) is 0 Å². The van der Waals surface area contributed by atoms with Gasteiger partial charge in [0.25, 0.3) is 0 Å². The molecule has 11 heteroatoms. The fraction of sp³-hybridized carbons (Fsp3) is 0.605. The fourth-order valence-electron chi connectivity index (χ4n) is 5.19. The van der Waals surface area contributed by atoms with E-state index in [4.69, 9.17) is 31.6 Å². The smallest absolute Gasteiger partial charge is 0.409 e. The van der Waals surface area contributed by atoms with Crippen molar-refractivity contribution in [3.05, 3.63) is 82.6 Å².